The van der Waals surface area contributed by atoms with E-state index < -0.39 is 16.1 Å². The van der Waals surface area contributed by atoms with Gasteiger partial charge in [-0.25, -0.2) is 8.42 Å². The SMILES string of the molecule is Cc1ccc2c(c1)N(S(C)(=O)=O)C[C@H](C(=O)N[C@@H](C)COc1ccccc1C)O2. The third kappa shape index (κ3) is 5.00. The Morgan fingerprint density at radius 2 is 2.00 bits per heavy atom. The molecule has 0 unspecified atom stereocenters. The molecular formula is C21H26N2O5S. The minimum absolute atomic E-state index is 0.0769. The number of ether oxygens (including phenoxy) is 2. The van der Waals surface area contributed by atoms with Crippen LogP contribution in [0.5, 0.6) is 11.5 Å². The van der Waals surface area contributed by atoms with Gasteiger partial charge in [-0.2, -0.15) is 0 Å². The van der Waals surface area contributed by atoms with Gasteiger partial charge >= 0.3 is 0 Å². The molecule has 2 atom stereocenters. The van der Waals surface area contributed by atoms with E-state index in [1.807, 2.05) is 51.1 Å². The Bertz CT molecular complexity index is 1010. The number of rotatable bonds is 6. The molecule has 0 aromatic heterocycles. The smallest absolute Gasteiger partial charge is 0.263 e. The number of fused-ring (bicyclic) bond motifs is 1. The molecule has 2 aromatic rings. The molecule has 2 aromatic carbocycles. The lowest BCUT2D eigenvalue weighted by atomic mass is 10.1. The number of carbonyl (C=O) groups is 1. The number of nitrogens with zero attached hydrogens (tertiary/aromatic N) is 1. The van der Waals surface area contributed by atoms with Crippen LogP contribution in [-0.2, 0) is 14.8 Å². The minimum Gasteiger partial charge on any atom is -0.491 e. The van der Waals surface area contributed by atoms with Crippen LogP contribution in [-0.4, -0.2) is 45.9 Å². The normalized spacial score (nSPS) is 17.1. The zero-order valence-electron chi connectivity index (χ0n) is 17.0. The van der Waals surface area contributed by atoms with Crippen LogP contribution in [0.3, 0.4) is 0 Å². The molecule has 0 saturated carbocycles. The number of hydrogen-bond acceptors (Lipinski definition) is 5. The van der Waals surface area contributed by atoms with E-state index in [4.69, 9.17) is 9.47 Å². The Hall–Kier alpha value is -2.74. The van der Waals surface area contributed by atoms with Gasteiger partial charge in [-0.3, -0.25) is 9.10 Å². The predicted molar refractivity (Wildman–Crippen MR) is 112 cm³/mol. The van der Waals surface area contributed by atoms with E-state index in [1.54, 1.807) is 12.1 Å². The van der Waals surface area contributed by atoms with Gasteiger partial charge in [0.1, 0.15) is 18.1 Å². The number of amides is 1. The molecule has 1 aliphatic heterocycles. The molecule has 0 bridgehead atoms. The fourth-order valence-electron chi connectivity index (χ4n) is 3.12. The Labute approximate surface area is 171 Å². The van der Waals surface area contributed by atoms with Crippen LogP contribution in [0.1, 0.15) is 18.1 Å². The molecule has 7 nitrogen and oxygen atoms in total. The van der Waals surface area contributed by atoms with Crippen LogP contribution in [0, 0.1) is 13.8 Å². The number of carbonyl (C=O) groups excluding carboxylic acids is 1. The highest BCUT2D eigenvalue weighted by Gasteiger charge is 2.35. The molecule has 156 valence electrons. The number of sulfonamides is 1. The van der Waals surface area contributed by atoms with Crippen molar-refractivity contribution in [3.8, 4) is 11.5 Å². The van der Waals surface area contributed by atoms with Crippen LogP contribution < -0.4 is 19.1 Å². The molecule has 0 radical (unpaired) electrons. The molecule has 3 rings (SSSR count). The quantitative estimate of drug-likeness (QED) is 0.779. The lowest BCUT2D eigenvalue weighted by molar-refractivity contribution is -0.128. The van der Waals surface area contributed by atoms with E-state index in [2.05, 4.69) is 5.32 Å². The summed E-state index contributed by atoms with van der Waals surface area (Å²) in [6.07, 6.45) is 0.179. The summed E-state index contributed by atoms with van der Waals surface area (Å²) in [6, 6.07) is 12.6. The number of benzene rings is 2. The largest absolute Gasteiger partial charge is 0.491 e. The second kappa shape index (κ2) is 8.32. The molecule has 0 fully saturated rings. The average Bonchev–Trinajstić information content (AvgIpc) is 2.65. The van der Waals surface area contributed by atoms with Crippen molar-refractivity contribution in [2.75, 3.05) is 23.7 Å². The third-order valence-electron chi connectivity index (χ3n) is 4.65. The highest BCUT2D eigenvalue weighted by atomic mass is 32.2. The minimum atomic E-state index is -3.55. The van der Waals surface area contributed by atoms with E-state index >= 15 is 0 Å². The predicted octanol–water partition coefficient (Wildman–Crippen LogP) is 2.41. The van der Waals surface area contributed by atoms with Crippen LogP contribution in [0.2, 0.25) is 0 Å². The molecule has 0 saturated heterocycles. The van der Waals surface area contributed by atoms with Crippen molar-refractivity contribution in [2.24, 2.45) is 0 Å². The molecule has 1 aliphatic rings. The monoisotopic (exact) mass is 418 g/mol. The first kappa shape index (κ1) is 21.0. The Morgan fingerprint density at radius 3 is 2.69 bits per heavy atom. The van der Waals surface area contributed by atoms with Gasteiger partial charge in [-0.05, 0) is 50.1 Å². The topological polar surface area (TPSA) is 84.9 Å². The van der Waals surface area contributed by atoms with Gasteiger partial charge in [-0.1, -0.05) is 24.3 Å². The summed E-state index contributed by atoms with van der Waals surface area (Å²) in [4.78, 5) is 12.7. The lowest BCUT2D eigenvalue weighted by Crippen LogP contribution is -2.52. The highest BCUT2D eigenvalue weighted by molar-refractivity contribution is 7.92. The fraction of sp³-hybridized carbons (Fsp3) is 0.381. The molecule has 1 amide bonds. The Morgan fingerprint density at radius 1 is 1.28 bits per heavy atom. The van der Waals surface area contributed by atoms with Gasteiger partial charge < -0.3 is 14.8 Å². The van der Waals surface area contributed by atoms with Crippen molar-refractivity contribution >= 4 is 21.6 Å². The maximum atomic E-state index is 12.7. The number of aryl methyl sites for hydroxylation is 2. The summed E-state index contributed by atoms with van der Waals surface area (Å²) in [6.45, 7) is 5.86. The number of nitrogens with one attached hydrogen (secondary N) is 1. The molecule has 1 N–H and O–H groups in total. The van der Waals surface area contributed by atoms with Crippen LogP contribution in [0.15, 0.2) is 42.5 Å². The maximum Gasteiger partial charge on any atom is 0.263 e. The summed E-state index contributed by atoms with van der Waals surface area (Å²) >= 11 is 0. The van der Waals surface area contributed by atoms with E-state index in [-0.39, 0.29) is 25.1 Å². The molecule has 8 heteroatoms. The van der Waals surface area contributed by atoms with Crippen molar-refractivity contribution < 1.29 is 22.7 Å². The Balaban J connectivity index is 1.68. The van der Waals surface area contributed by atoms with Crippen molar-refractivity contribution in [1.82, 2.24) is 5.32 Å². The van der Waals surface area contributed by atoms with Crippen molar-refractivity contribution in [1.29, 1.82) is 0 Å². The number of anilines is 1. The fourth-order valence-corrected chi connectivity index (χ4v) is 4.03. The van der Waals surface area contributed by atoms with Crippen LogP contribution >= 0.6 is 0 Å². The molecule has 0 spiro atoms. The van der Waals surface area contributed by atoms with E-state index in [9.17, 15) is 13.2 Å². The lowest BCUT2D eigenvalue weighted by Gasteiger charge is -2.34. The van der Waals surface area contributed by atoms with Crippen molar-refractivity contribution in [3.05, 3.63) is 53.6 Å². The molecule has 29 heavy (non-hydrogen) atoms. The first-order chi connectivity index (χ1) is 13.6. The summed E-state index contributed by atoms with van der Waals surface area (Å²) in [5, 5.41) is 2.84. The zero-order valence-corrected chi connectivity index (χ0v) is 17.8. The summed E-state index contributed by atoms with van der Waals surface area (Å²) in [5.41, 5.74) is 2.37. The van der Waals surface area contributed by atoms with Crippen molar-refractivity contribution in [3.63, 3.8) is 0 Å². The Kier molecular flexibility index (Phi) is 6.02. The zero-order chi connectivity index (χ0) is 21.2. The van der Waals surface area contributed by atoms with Crippen molar-refractivity contribution in [2.45, 2.75) is 32.9 Å². The average molecular weight is 419 g/mol. The summed E-state index contributed by atoms with van der Waals surface area (Å²) in [5.74, 6) is 0.747. The summed E-state index contributed by atoms with van der Waals surface area (Å²) < 4.78 is 37.3. The second-order valence-corrected chi connectivity index (χ2v) is 9.26. The summed E-state index contributed by atoms with van der Waals surface area (Å²) in [7, 11) is -3.55. The van der Waals surface area contributed by atoms with Gasteiger partial charge in [0, 0.05) is 0 Å². The van der Waals surface area contributed by atoms with Gasteiger partial charge in [0.25, 0.3) is 5.91 Å². The van der Waals surface area contributed by atoms with Gasteiger partial charge in [0.05, 0.1) is 24.5 Å². The van der Waals surface area contributed by atoms with Gasteiger partial charge in [0.2, 0.25) is 10.0 Å². The van der Waals surface area contributed by atoms with E-state index in [1.165, 1.54) is 4.31 Å². The number of para-hydroxylation sites is 1. The molecule has 1 heterocycles. The van der Waals surface area contributed by atoms with E-state index in [0.29, 0.717) is 11.4 Å². The van der Waals surface area contributed by atoms with Crippen LogP contribution in [0.4, 0.5) is 5.69 Å². The maximum absolute atomic E-state index is 12.7. The molecule has 0 aliphatic carbocycles. The molecular weight excluding hydrogens is 392 g/mol. The second-order valence-electron chi connectivity index (χ2n) is 7.36. The first-order valence-corrected chi connectivity index (χ1v) is 11.2. The number of hydrogen-bond donors (Lipinski definition) is 1. The first-order valence-electron chi connectivity index (χ1n) is 9.39. The third-order valence-corrected chi connectivity index (χ3v) is 5.79. The van der Waals surface area contributed by atoms with E-state index in [0.717, 1.165) is 23.1 Å². The highest BCUT2D eigenvalue weighted by Crippen LogP contribution is 2.35. The standard InChI is InChI=1S/C21H26N2O5S/c1-14-9-10-19-17(11-14)23(29(4,25)26)12-20(28-19)21(24)22-16(3)13-27-18-8-6-5-7-15(18)2/h5-11,16,20H,12-13H2,1-4H3,(H,22,24)/t16-,20+/m0/s1. The van der Waals surface area contributed by atoms with Gasteiger partial charge in [0.15, 0.2) is 6.10 Å². The van der Waals surface area contributed by atoms with Gasteiger partial charge in [-0.15, -0.1) is 0 Å². The van der Waals surface area contributed by atoms with Crippen LogP contribution in [0.25, 0.3) is 0 Å².